The summed E-state index contributed by atoms with van der Waals surface area (Å²) < 4.78 is 8.03. The fraction of sp³-hybridized carbons (Fsp3) is 0.125. The molecule has 118 valence electrons. The minimum absolute atomic E-state index is 0.225. The van der Waals surface area contributed by atoms with Gasteiger partial charge in [0.05, 0.1) is 25.4 Å². The lowest BCUT2D eigenvalue weighted by Gasteiger charge is -2.10. The number of benzene rings is 1. The fourth-order valence-corrected chi connectivity index (χ4v) is 3.60. The first-order valence-corrected chi connectivity index (χ1v) is 8.53. The highest BCUT2D eigenvalue weighted by molar-refractivity contribution is 9.10. The number of nitrogens with zero attached hydrogens (tertiary/aromatic N) is 2. The van der Waals surface area contributed by atoms with E-state index in [1.807, 2.05) is 17.5 Å². The van der Waals surface area contributed by atoms with Crippen LogP contribution in [-0.2, 0) is 6.54 Å². The predicted molar refractivity (Wildman–Crippen MR) is 94.3 cm³/mol. The second-order valence-electron chi connectivity index (χ2n) is 4.76. The van der Waals surface area contributed by atoms with Gasteiger partial charge in [-0.2, -0.15) is 5.10 Å². The van der Waals surface area contributed by atoms with Crippen molar-refractivity contribution in [3.63, 3.8) is 0 Å². The molecule has 0 radical (unpaired) electrons. The maximum atomic E-state index is 12.5. The van der Waals surface area contributed by atoms with Crippen molar-refractivity contribution in [2.75, 3.05) is 12.4 Å². The summed E-state index contributed by atoms with van der Waals surface area (Å²) in [7, 11) is 1.55. The van der Waals surface area contributed by atoms with Gasteiger partial charge in [0.15, 0.2) is 0 Å². The van der Waals surface area contributed by atoms with Crippen LogP contribution in [0.4, 0.5) is 5.82 Å². The van der Waals surface area contributed by atoms with Crippen molar-refractivity contribution in [2.24, 2.45) is 0 Å². The van der Waals surface area contributed by atoms with Crippen LogP contribution in [0.2, 0.25) is 0 Å². The van der Waals surface area contributed by atoms with E-state index in [9.17, 15) is 4.79 Å². The largest absolute Gasteiger partial charge is 0.496 e. The minimum Gasteiger partial charge on any atom is -0.496 e. The summed E-state index contributed by atoms with van der Waals surface area (Å²) in [6, 6.07) is 10.9. The van der Waals surface area contributed by atoms with Crippen molar-refractivity contribution in [1.82, 2.24) is 9.78 Å². The molecule has 0 aliphatic heterocycles. The Balaban J connectivity index is 1.78. The minimum atomic E-state index is -0.225. The Hall–Kier alpha value is -2.12. The molecule has 3 aromatic rings. The first-order chi connectivity index (χ1) is 11.2. The Morgan fingerprint density at radius 3 is 2.96 bits per heavy atom. The lowest BCUT2D eigenvalue weighted by molar-refractivity contribution is 0.102. The van der Waals surface area contributed by atoms with Crippen LogP contribution in [-0.4, -0.2) is 22.8 Å². The molecular formula is C16H14BrN3O2S. The number of methoxy groups -OCH3 is 1. The number of thiophene rings is 1. The molecular weight excluding hydrogens is 378 g/mol. The van der Waals surface area contributed by atoms with E-state index in [4.69, 9.17) is 4.74 Å². The Kier molecular flexibility index (Phi) is 4.78. The van der Waals surface area contributed by atoms with Gasteiger partial charge in [-0.25, -0.2) is 4.68 Å². The number of hydrogen-bond donors (Lipinski definition) is 1. The third-order valence-electron chi connectivity index (χ3n) is 3.24. The van der Waals surface area contributed by atoms with E-state index in [2.05, 4.69) is 26.3 Å². The highest BCUT2D eigenvalue weighted by atomic mass is 79.9. The fourth-order valence-electron chi connectivity index (χ4n) is 2.17. The molecule has 2 aromatic heterocycles. The highest BCUT2D eigenvalue weighted by Crippen LogP contribution is 2.23. The lowest BCUT2D eigenvalue weighted by Crippen LogP contribution is -2.16. The van der Waals surface area contributed by atoms with Crippen molar-refractivity contribution in [3.8, 4) is 5.75 Å². The molecule has 0 spiro atoms. The third kappa shape index (κ3) is 3.62. The van der Waals surface area contributed by atoms with Crippen LogP contribution in [0.25, 0.3) is 0 Å². The number of ether oxygens (including phenoxy) is 1. The third-order valence-corrected chi connectivity index (χ3v) is 4.92. The standard InChI is InChI=1S/C16H14BrN3O2S/c1-22-14-5-3-2-4-13(14)16(21)19-15-6-7-18-20(15)9-12-8-11(17)10-23-12/h2-8,10H,9H2,1H3,(H,19,21). The van der Waals surface area contributed by atoms with Crippen molar-refractivity contribution in [1.29, 1.82) is 0 Å². The smallest absolute Gasteiger partial charge is 0.260 e. The molecule has 7 heteroatoms. The van der Waals surface area contributed by atoms with E-state index < -0.39 is 0 Å². The monoisotopic (exact) mass is 391 g/mol. The van der Waals surface area contributed by atoms with E-state index in [1.54, 1.807) is 53.6 Å². The van der Waals surface area contributed by atoms with Crippen LogP contribution in [0.15, 0.2) is 52.4 Å². The molecule has 0 unspecified atom stereocenters. The van der Waals surface area contributed by atoms with Crippen LogP contribution in [0.1, 0.15) is 15.2 Å². The molecule has 23 heavy (non-hydrogen) atoms. The summed E-state index contributed by atoms with van der Waals surface area (Å²) >= 11 is 5.08. The van der Waals surface area contributed by atoms with E-state index >= 15 is 0 Å². The van der Waals surface area contributed by atoms with Crippen LogP contribution >= 0.6 is 27.3 Å². The molecule has 2 heterocycles. The average molecular weight is 392 g/mol. The van der Waals surface area contributed by atoms with Crippen LogP contribution in [0.5, 0.6) is 5.75 Å². The molecule has 3 rings (SSSR count). The summed E-state index contributed by atoms with van der Waals surface area (Å²) in [6.07, 6.45) is 1.67. The molecule has 0 aliphatic rings. The van der Waals surface area contributed by atoms with E-state index in [0.717, 1.165) is 9.35 Å². The molecule has 1 aromatic carbocycles. The number of nitrogens with one attached hydrogen (secondary N) is 1. The normalized spacial score (nSPS) is 10.5. The van der Waals surface area contributed by atoms with Crippen molar-refractivity contribution in [3.05, 3.63) is 62.9 Å². The quantitative estimate of drug-likeness (QED) is 0.714. The van der Waals surface area contributed by atoms with Gasteiger partial charge in [-0.3, -0.25) is 4.79 Å². The van der Waals surface area contributed by atoms with Crippen LogP contribution in [0, 0.1) is 0 Å². The van der Waals surface area contributed by atoms with Gasteiger partial charge in [-0.05, 0) is 34.1 Å². The SMILES string of the molecule is COc1ccccc1C(=O)Nc1ccnn1Cc1cc(Br)cs1. The van der Waals surface area contributed by atoms with Gasteiger partial charge in [0.1, 0.15) is 11.6 Å². The number of para-hydroxylation sites is 1. The van der Waals surface area contributed by atoms with Crippen LogP contribution in [0.3, 0.4) is 0 Å². The van der Waals surface area contributed by atoms with E-state index in [1.165, 1.54) is 0 Å². The summed E-state index contributed by atoms with van der Waals surface area (Å²) in [5.41, 5.74) is 0.488. The molecule has 5 nitrogen and oxygen atoms in total. The molecule has 0 atom stereocenters. The van der Waals surface area contributed by atoms with Gasteiger partial charge < -0.3 is 10.1 Å². The molecule has 0 fully saturated rings. The molecule has 0 aliphatic carbocycles. The molecule has 1 amide bonds. The Morgan fingerprint density at radius 2 is 2.22 bits per heavy atom. The second kappa shape index (κ2) is 6.97. The number of anilines is 1. The Labute approximate surface area is 146 Å². The number of carbonyl (C=O) groups is 1. The van der Waals surface area contributed by atoms with Gasteiger partial charge >= 0.3 is 0 Å². The van der Waals surface area contributed by atoms with E-state index in [0.29, 0.717) is 23.7 Å². The maximum Gasteiger partial charge on any atom is 0.260 e. The summed E-state index contributed by atoms with van der Waals surface area (Å²) in [4.78, 5) is 13.6. The second-order valence-corrected chi connectivity index (χ2v) is 6.67. The number of aromatic nitrogens is 2. The number of carbonyl (C=O) groups excluding carboxylic acids is 1. The van der Waals surface area contributed by atoms with Crippen molar-refractivity contribution >= 4 is 39.0 Å². The number of halogens is 1. The van der Waals surface area contributed by atoms with Gasteiger partial charge in [0, 0.05) is 20.8 Å². The van der Waals surface area contributed by atoms with Gasteiger partial charge in [0.2, 0.25) is 0 Å². The molecule has 0 saturated carbocycles. The van der Waals surface area contributed by atoms with Gasteiger partial charge in [-0.15, -0.1) is 11.3 Å². The zero-order valence-electron chi connectivity index (χ0n) is 12.3. The van der Waals surface area contributed by atoms with E-state index in [-0.39, 0.29) is 5.91 Å². The molecule has 1 N–H and O–H groups in total. The number of rotatable bonds is 5. The molecule has 0 saturated heterocycles. The maximum absolute atomic E-state index is 12.5. The topological polar surface area (TPSA) is 56.1 Å². The summed E-state index contributed by atoms with van der Waals surface area (Å²) in [5, 5.41) is 9.17. The first kappa shape index (κ1) is 15.8. The Bertz CT molecular complexity index is 828. The average Bonchev–Trinajstić information content (AvgIpc) is 3.17. The number of amides is 1. The lowest BCUT2D eigenvalue weighted by atomic mass is 10.2. The zero-order chi connectivity index (χ0) is 16.2. The van der Waals surface area contributed by atoms with Gasteiger partial charge in [-0.1, -0.05) is 12.1 Å². The highest BCUT2D eigenvalue weighted by Gasteiger charge is 2.14. The van der Waals surface area contributed by atoms with Gasteiger partial charge in [0.25, 0.3) is 5.91 Å². The van der Waals surface area contributed by atoms with Crippen molar-refractivity contribution in [2.45, 2.75) is 6.54 Å². The zero-order valence-corrected chi connectivity index (χ0v) is 14.7. The summed E-state index contributed by atoms with van der Waals surface area (Å²) in [5.74, 6) is 0.959. The predicted octanol–water partition coefficient (Wildman–Crippen LogP) is 4.02. The summed E-state index contributed by atoms with van der Waals surface area (Å²) in [6.45, 7) is 0.602. The Morgan fingerprint density at radius 1 is 1.39 bits per heavy atom. The molecule has 0 bridgehead atoms. The first-order valence-electron chi connectivity index (χ1n) is 6.86. The number of hydrogen-bond acceptors (Lipinski definition) is 4. The van der Waals surface area contributed by atoms with Crippen molar-refractivity contribution < 1.29 is 9.53 Å². The van der Waals surface area contributed by atoms with Crippen LogP contribution < -0.4 is 10.1 Å².